The van der Waals surface area contributed by atoms with Gasteiger partial charge in [-0.25, -0.2) is 0 Å². The fourth-order valence-corrected chi connectivity index (χ4v) is 3.94. The van der Waals surface area contributed by atoms with Crippen LogP contribution in [0.2, 0.25) is 0 Å². The lowest BCUT2D eigenvalue weighted by atomic mass is 9.93. The first-order valence-corrected chi connectivity index (χ1v) is 8.73. The Labute approximate surface area is 139 Å². The summed E-state index contributed by atoms with van der Waals surface area (Å²) in [7, 11) is 0. The molecule has 120 valence electrons. The van der Waals surface area contributed by atoms with Gasteiger partial charge in [0.1, 0.15) is 5.60 Å². The highest BCUT2D eigenvalue weighted by molar-refractivity contribution is 9.10. The maximum atomic E-state index is 11.5. The van der Waals surface area contributed by atoms with Crippen LogP contribution in [0.15, 0.2) is 22.7 Å². The summed E-state index contributed by atoms with van der Waals surface area (Å²) >= 11 is 3.54. The fourth-order valence-electron chi connectivity index (χ4n) is 3.53. The van der Waals surface area contributed by atoms with Gasteiger partial charge in [-0.2, -0.15) is 0 Å². The van der Waals surface area contributed by atoms with Crippen molar-refractivity contribution in [1.82, 2.24) is 4.90 Å². The number of fused-ring (bicyclic) bond motifs is 2. The number of halogens is 1. The Bertz CT molecular complexity index is 563. The Morgan fingerprint density at radius 3 is 3.18 bits per heavy atom. The molecule has 22 heavy (non-hydrogen) atoms. The molecule has 1 saturated heterocycles. The first-order valence-electron chi connectivity index (χ1n) is 7.94. The van der Waals surface area contributed by atoms with Gasteiger partial charge in [0.05, 0.1) is 19.6 Å². The predicted molar refractivity (Wildman–Crippen MR) is 87.8 cm³/mol. The monoisotopic (exact) mass is 367 g/mol. The van der Waals surface area contributed by atoms with E-state index in [1.165, 1.54) is 11.1 Å². The zero-order valence-electron chi connectivity index (χ0n) is 12.9. The molecule has 0 bridgehead atoms. The average Bonchev–Trinajstić information content (AvgIpc) is 2.83. The lowest BCUT2D eigenvalue weighted by Crippen LogP contribution is -2.49. The van der Waals surface area contributed by atoms with Crippen LogP contribution in [0.1, 0.15) is 30.9 Å². The Kier molecular flexibility index (Phi) is 4.85. The Morgan fingerprint density at radius 2 is 2.36 bits per heavy atom. The summed E-state index contributed by atoms with van der Waals surface area (Å²) in [6.07, 6.45) is 2.53. The summed E-state index contributed by atoms with van der Waals surface area (Å²) in [4.78, 5) is 13.9. The third-order valence-electron chi connectivity index (χ3n) is 4.56. The van der Waals surface area contributed by atoms with Crippen LogP contribution in [0.3, 0.4) is 0 Å². The second-order valence-electron chi connectivity index (χ2n) is 5.98. The molecule has 1 fully saturated rings. The molecular formula is C17H22BrNO3. The van der Waals surface area contributed by atoms with E-state index in [0.29, 0.717) is 13.0 Å². The van der Waals surface area contributed by atoms with E-state index in [9.17, 15) is 4.79 Å². The molecule has 5 heteroatoms. The van der Waals surface area contributed by atoms with E-state index in [1.807, 2.05) is 6.92 Å². The molecule has 1 aliphatic heterocycles. The highest BCUT2D eigenvalue weighted by Gasteiger charge is 2.43. The van der Waals surface area contributed by atoms with Crippen molar-refractivity contribution >= 4 is 21.9 Å². The molecule has 0 amide bonds. The highest BCUT2D eigenvalue weighted by Crippen LogP contribution is 2.43. The normalized spacial score (nSPS) is 24.5. The number of aryl methyl sites for hydroxylation is 1. The van der Waals surface area contributed by atoms with E-state index in [2.05, 4.69) is 39.0 Å². The second kappa shape index (κ2) is 6.69. The second-order valence-corrected chi connectivity index (χ2v) is 6.89. The fraction of sp³-hybridized carbons (Fsp3) is 0.588. The molecule has 4 nitrogen and oxygen atoms in total. The summed E-state index contributed by atoms with van der Waals surface area (Å²) in [5, 5.41) is 0. The summed E-state index contributed by atoms with van der Waals surface area (Å²) in [6.45, 7) is 5.51. The SMILES string of the molecule is CCOC(=O)CCN1CCOC2(CCc3cc(Br)ccc32)C1. The molecule has 1 spiro atoms. The lowest BCUT2D eigenvalue weighted by molar-refractivity contribution is -0.145. The van der Waals surface area contributed by atoms with Crippen molar-refractivity contribution in [2.75, 3.05) is 32.8 Å². The van der Waals surface area contributed by atoms with E-state index < -0.39 is 0 Å². The number of benzene rings is 1. The van der Waals surface area contributed by atoms with Gasteiger partial charge in [-0.15, -0.1) is 0 Å². The van der Waals surface area contributed by atoms with Gasteiger partial charge in [0.15, 0.2) is 0 Å². The largest absolute Gasteiger partial charge is 0.466 e. The molecule has 0 N–H and O–H groups in total. The van der Waals surface area contributed by atoms with Crippen molar-refractivity contribution in [3.8, 4) is 0 Å². The molecule has 0 radical (unpaired) electrons. The van der Waals surface area contributed by atoms with Crippen LogP contribution >= 0.6 is 15.9 Å². The van der Waals surface area contributed by atoms with Crippen LogP contribution in [0.5, 0.6) is 0 Å². The molecule has 1 unspecified atom stereocenters. The van der Waals surface area contributed by atoms with Crippen molar-refractivity contribution in [3.63, 3.8) is 0 Å². The maximum absolute atomic E-state index is 11.5. The number of carbonyl (C=O) groups is 1. The van der Waals surface area contributed by atoms with Gasteiger partial charge in [0.25, 0.3) is 0 Å². The van der Waals surface area contributed by atoms with E-state index >= 15 is 0 Å². The molecule has 1 aromatic rings. The topological polar surface area (TPSA) is 38.8 Å². The van der Waals surface area contributed by atoms with Gasteiger partial charge < -0.3 is 9.47 Å². The average molecular weight is 368 g/mol. The van der Waals surface area contributed by atoms with E-state index in [0.717, 1.165) is 43.6 Å². The summed E-state index contributed by atoms with van der Waals surface area (Å²) in [6, 6.07) is 6.47. The van der Waals surface area contributed by atoms with Crippen molar-refractivity contribution < 1.29 is 14.3 Å². The van der Waals surface area contributed by atoms with Crippen molar-refractivity contribution in [2.24, 2.45) is 0 Å². The minimum atomic E-state index is -0.192. The van der Waals surface area contributed by atoms with E-state index in [4.69, 9.17) is 9.47 Å². The van der Waals surface area contributed by atoms with Crippen LogP contribution in [-0.4, -0.2) is 43.7 Å². The smallest absolute Gasteiger partial charge is 0.307 e. The van der Waals surface area contributed by atoms with Gasteiger partial charge >= 0.3 is 5.97 Å². The number of ether oxygens (including phenoxy) is 2. The lowest BCUT2D eigenvalue weighted by Gasteiger charge is -2.41. The highest BCUT2D eigenvalue weighted by atomic mass is 79.9. The Morgan fingerprint density at radius 1 is 1.50 bits per heavy atom. The standard InChI is InChI=1S/C17H22BrNO3/c1-2-21-16(20)6-8-19-9-10-22-17(12-19)7-5-13-11-14(18)3-4-15(13)17/h3-4,11H,2,5-10,12H2,1H3. The third kappa shape index (κ3) is 3.21. The maximum Gasteiger partial charge on any atom is 0.307 e. The molecule has 3 rings (SSSR count). The Balaban J connectivity index is 1.68. The summed E-state index contributed by atoms with van der Waals surface area (Å²) in [5.41, 5.74) is 2.50. The minimum absolute atomic E-state index is 0.112. The van der Waals surface area contributed by atoms with E-state index in [-0.39, 0.29) is 11.6 Å². The molecule has 1 aliphatic carbocycles. The number of morpholine rings is 1. The van der Waals surface area contributed by atoms with Crippen LogP contribution in [0.25, 0.3) is 0 Å². The number of nitrogens with zero attached hydrogens (tertiary/aromatic N) is 1. The molecule has 0 aromatic heterocycles. The number of esters is 1. The zero-order chi connectivity index (χ0) is 15.6. The first kappa shape index (κ1) is 16.0. The van der Waals surface area contributed by atoms with Crippen LogP contribution in [0, 0.1) is 0 Å². The number of hydrogen-bond acceptors (Lipinski definition) is 4. The van der Waals surface area contributed by atoms with Gasteiger partial charge in [0, 0.05) is 24.1 Å². The molecule has 1 aromatic carbocycles. The number of hydrogen-bond donors (Lipinski definition) is 0. The third-order valence-corrected chi connectivity index (χ3v) is 5.05. The van der Waals surface area contributed by atoms with Gasteiger partial charge in [-0.1, -0.05) is 22.0 Å². The van der Waals surface area contributed by atoms with Crippen molar-refractivity contribution in [2.45, 2.75) is 31.8 Å². The molecule has 1 heterocycles. The number of rotatable bonds is 4. The Hall–Kier alpha value is -0.910. The zero-order valence-corrected chi connectivity index (χ0v) is 14.5. The summed E-state index contributed by atoms with van der Waals surface area (Å²) in [5.74, 6) is -0.112. The van der Waals surface area contributed by atoms with Crippen molar-refractivity contribution in [3.05, 3.63) is 33.8 Å². The predicted octanol–water partition coefficient (Wildman–Crippen LogP) is 2.88. The molecular weight excluding hydrogens is 346 g/mol. The van der Waals surface area contributed by atoms with Crippen LogP contribution in [0.4, 0.5) is 0 Å². The van der Waals surface area contributed by atoms with Gasteiger partial charge in [-0.05, 0) is 43.0 Å². The molecule has 2 aliphatic rings. The quantitative estimate of drug-likeness (QED) is 0.767. The molecule has 1 atom stereocenters. The van der Waals surface area contributed by atoms with Gasteiger partial charge in [0.2, 0.25) is 0 Å². The first-order chi connectivity index (χ1) is 10.6. The van der Waals surface area contributed by atoms with Crippen LogP contribution < -0.4 is 0 Å². The summed E-state index contributed by atoms with van der Waals surface area (Å²) < 4.78 is 12.3. The van der Waals surface area contributed by atoms with Crippen molar-refractivity contribution in [1.29, 1.82) is 0 Å². The minimum Gasteiger partial charge on any atom is -0.466 e. The number of carbonyl (C=O) groups excluding carboxylic acids is 1. The van der Waals surface area contributed by atoms with Crippen LogP contribution in [-0.2, 0) is 26.3 Å². The van der Waals surface area contributed by atoms with E-state index in [1.54, 1.807) is 0 Å². The van der Waals surface area contributed by atoms with Gasteiger partial charge in [-0.3, -0.25) is 9.69 Å². The molecule has 0 saturated carbocycles.